The fourth-order valence-electron chi connectivity index (χ4n) is 4.29. The predicted octanol–water partition coefficient (Wildman–Crippen LogP) is 3.55. The number of nitro groups is 1. The average Bonchev–Trinajstić information content (AvgIpc) is 3.10. The maximum absolute atomic E-state index is 10.6. The second-order valence-electron chi connectivity index (χ2n) is 6.76. The van der Waals surface area contributed by atoms with Crippen molar-refractivity contribution in [3.05, 3.63) is 39.9 Å². The summed E-state index contributed by atoms with van der Waals surface area (Å²) in [4.78, 5) is 10.3. The SMILES string of the molecule is CC(NCCc1ccc([N+](=O)[O-])cc1)C1CC2CCC1C2. The Kier molecular flexibility index (Phi) is 4.24. The van der Waals surface area contributed by atoms with Crippen LogP contribution in [0.2, 0.25) is 0 Å². The lowest BCUT2D eigenvalue weighted by molar-refractivity contribution is -0.384. The second-order valence-corrected chi connectivity index (χ2v) is 6.76. The van der Waals surface area contributed by atoms with Gasteiger partial charge in [0.2, 0.25) is 0 Å². The van der Waals surface area contributed by atoms with Gasteiger partial charge in [-0.3, -0.25) is 10.1 Å². The minimum absolute atomic E-state index is 0.169. The molecule has 2 aliphatic rings. The molecule has 1 aromatic rings. The van der Waals surface area contributed by atoms with Gasteiger partial charge in [0.25, 0.3) is 5.69 Å². The number of rotatable bonds is 6. The molecule has 1 N–H and O–H groups in total. The Morgan fingerprint density at radius 3 is 2.62 bits per heavy atom. The van der Waals surface area contributed by atoms with Gasteiger partial charge in [0.15, 0.2) is 0 Å². The minimum atomic E-state index is -0.348. The molecule has 21 heavy (non-hydrogen) atoms. The van der Waals surface area contributed by atoms with Crippen LogP contribution in [-0.2, 0) is 6.42 Å². The highest BCUT2D eigenvalue weighted by molar-refractivity contribution is 5.32. The Labute approximate surface area is 126 Å². The molecule has 4 atom stereocenters. The number of nitro benzene ring substituents is 1. The first-order chi connectivity index (χ1) is 10.1. The van der Waals surface area contributed by atoms with Crippen LogP contribution in [-0.4, -0.2) is 17.5 Å². The van der Waals surface area contributed by atoms with E-state index in [0.29, 0.717) is 6.04 Å². The quantitative estimate of drug-likeness (QED) is 0.643. The Morgan fingerprint density at radius 2 is 2.05 bits per heavy atom. The van der Waals surface area contributed by atoms with Crippen molar-refractivity contribution >= 4 is 5.69 Å². The van der Waals surface area contributed by atoms with Crippen LogP contribution in [0.3, 0.4) is 0 Å². The zero-order chi connectivity index (χ0) is 14.8. The van der Waals surface area contributed by atoms with Crippen molar-refractivity contribution in [1.29, 1.82) is 0 Å². The minimum Gasteiger partial charge on any atom is -0.314 e. The first-order valence-electron chi connectivity index (χ1n) is 8.10. The molecule has 3 rings (SSSR count). The van der Waals surface area contributed by atoms with Gasteiger partial charge in [0.05, 0.1) is 4.92 Å². The number of nitrogens with zero attached hydrogens (tertiary/aromatic N) is 1. The molecule has 114 valence electrons. The standard InChI is InChI=1S/C17H24N2O2/c1-12(17-11-14-2-5-15(17)10-14)18-9-8-13-3-6-16(7-4-13)19(20)21/h3-4,6-7,12,14-15,17-18H,2,5,8-11H2,1H3. The fourth-order valence-corrected chi connectivity index (χ4v) is 4.29. The van der Waals surface area contributed by atoms with E-state index in [2.05, 4.69) is 12.2 Å². The maximum atomic E-state index is 10.6. The summed E-state index contributed by atoms with van der Waals surface area (Å²) in [5, 5.41) is 14.3. The highest BCUT2D eigenvalue weighted by Gasteiger charge is 2.41. The highest BCUT2D eigenvalue weighted by atomic mass is 16.6. The zero-order valence-corrected chi connectivity index (χ0v) is 12.6. The molecule has 0 amide bonds. The lowest BCUT2D eigenvalue weighted by Gasteiger charge is -2.28. The lowest BCUT2D eigenvalue weighted by atomic mass is 9.84. The second kappa shape index (κ2) is 6.14. The zero-order valence-electron chi connectivity index (χ0n) is 12.6. The largest absolute Gasteiger partial charge is 0.314 e. The summed E-state index contributed by atoms with van der Waals surface area (Å²) in [5.74, 6) is 2.82. The van der Waals surface area contributed by atoms with Crippen LogP contribution in [0.1, 0.15) is 38.2 Å². The topological polar surface area (TPSA) is 55.2 Å². The summed E-state index contributed by atoms with van der Waals surface area (Å²) in [7, 11) is 0. The molecular weight excluding hydrogens is 264 g/mol. The van der Waals surface area contributed by atoms with E-state index in [0.717, 1.165) is 36.3 Å². The number of hydrogen-bond donors (Lipinski definition) is 1. The molecule has 0 spiro atoms. The Bertz CT molecular complexity index is 500. The third-order valence-electron chi connectivity index (χ3n) is 5.46. The summed E-state index contributed by atoms with van der Waals surface area (Å²) in [6, 6.07) is 7.51. The molecule has 0 heterocycles. The van der Waals surface area contributed by atoms with Gasteiger partial charge in [-0.2, -0.15) is 0 Å². The molecular formula is C17H24N2O2. The molecule has 0 aromatic heterocycles. The van der Waals surface area contributed by atoms with Crippen LogP contribution in [0.25, 0.3) is 0 Å². The Hall–Kier alpha value is -1.42. The van der Waals surface area contributed by atoms with Crippen LogP contribution >= 0.6 is 0 Å². The Morgan fingerprint density at radius 1 is 1.29 bits per heavy atom. The average molecular weight is 288 g/mol. The molecule has 0 aliphatic heterocycles. The van der Waals surface area contributed by atoms with Gasteiger partial charge in [-0.25, -0.2) is 0 Å². The molecule has 1 aromatic carbocycles. The van der Waals surface area contributed by atoms with Crippen molar-refractivity contribution in [2.24, 2.45) is 17.8 Å². The molecule has 4 unspecified atom stereocenters. The van der Waals surface area contributed by atoms with Crippen molar-refractivity contribution in [2.75, 3.05) is 6.54 Å². The first kappa shape index (κ1) is 14.5. The molecule has 4 heteroatoms. The lowest BCUT2D eigenvalue weighted by Crippen LogP contribution is -2.37. The van der Waals surface area contributed by atoms with Gasteiger partial charge >= 0.3 is 0 Å². The summed E-state index contributed by atoms with van der Waals surface area (Å²) in [5.41, 5.74) is 1.33. The van der Waals surface area contributed by atoms with E-state index in [9.17, 15) is 10.1 Å². The molecule has 4 nitrogen and oxygen atoms in total. The molecule has 0 saturated heterocycles. The van der Waals surface area contributed by atoms with Gasteiger partial charge in [0.1, 0.15) is 0 Å². The van der Waals surface area contributed by atoms with Gasteiger partial charge in [-0.1, -0.05) is 18.6 Å². The third-order valence-corrected chi connectivity index (χ3v) is 5.46. The monoisotopic (exact) mass is 288 g/mol. The van der Waals surface area contributed by atoms with Crippen LogP contribution in [0.5, 0.6) is 0 Å². The van der Waals surface area contributed by atoms with Crippen molar-refractivity contribution < 1.29 is 4.92 Å². The van der Waals surface area contributed by atoms with E-state index >= 15 is 0 Å². The predicted molar refractivity (Wildman–Crippen MR) is 83.2 cm³/mol. The van der Waals surface area contributed by atoms with Crippen LogP contribution in [0.15, 0.2) is 24.3 Å². The molecule has 2 aliphatic carbocycles. The summed E-state index contributed by atoms with van der Waals surface area (Å²) in [6.07, 6.45) is 6.69. The van der Waals surface area contributed by atoms with Gasteiger partial charge in [-0.05, 0) is 62.5 Å². The van der Waals surface area contributed by atoms with E-state index in [-0.39, 0.29) is 10.6 Å². The number of benzene rings is 1. The number of hydrogen-bond acceptors (Lipinski definition) is 3. The van der Waals surface area contributed by atoms with Crippen molar-refractivity contribution in [3.63, 3.8) is 0 Å². The number of nitrogens with one attached hydrogen (secondary N) is 1. The van der Waals surface area contributed by atoms with Crippen molar-refractivity contribution in [3.8, 4) is 0 Å². The van der Waals surface area contributed by atoms with Crippen LogP contribution < -0.4 is 5.32 Å². The van der Waals surface area contributed by atoms with Crippen molar-refractivity contribution in [2.45, 2.75) is 45.1 Å². The first-order valence-corrected chi connectivity index (χ1v) is 8.10. The number of fused-ring (bicyclic) bond motifs is 2. The highest BCUT2D eigenvalue weighted by Crippen LogP contribution is 2.49. The summed E-state index contributed by atoms with van der Waals surface area (Å²) in [6.45, 7) is 3.27. The smallest absolute Gasteiger partial charge is 0.269 e. The van der Waals surface area contributed by atoms with Gasteiger partial charge in [-0.15, -0.1) is 0 Å². The van der Waals surface area contributed by atoms with Crippen LogP contribution in [0, 0.1) is 27.9 Å². The van der Waals surface area contributed by atoms with E-state index in [1.807, 2.05) is 12.1 Å². The maximum Gasteiger partial charge on any atom is 0.269 e. The summed E-state index contributed by atoms with van der Waals surface area (Å²) >= 11 is 0. The van der Waals surface area contributed by atoms with Crippen LogP contribution in [0.4, 0.5) is 5.69 Å². The fraction of sp³-hybridized carbons (Fsp3) is 0.647. The number of non-ortho nitro benzene ring substituents is 1. The molecule has 2 bridgehead atoms. The molecule has 2 fully saturated rings. The Balaban J connectivity index is 1.44. The van der Waals surface area contributed by atoms with E-state index in [4.69, 9.17) is 0 Å². The van der Waals surface area contributed by atoms with E-state index < -0.39 is 0 Å². The normalized spacial score (nSPS) is 28.7. The molecule has 2 saturated carbocycles. The van der Waals surface area contributed by atoms with Crippen molar-refractivity contribution in [1.82, 2.24) is 5.32 Å². The van der Waals surface area contributed by atoms with Gasteiger partial charge < -0.3 is 5.32 Å². The summed E-state index contributed by atoms with van der Waals surface area (Å²) < 4.78 is 0. The molecule has 0 radical (unpaired) electrons. The van der Waals surface area contributed by atoms with E-state index in [1.54, 1.807) is 12.1 Å². The van der Waals surface area contributed by atoms with E-state index in [1.165, 1.54) is 25.7 Å². The van der Waals surface area contributed by atoms with Gasteiger partial charge in [0, 0.05) is 18.2 Å². The third kappa shape index (κ3) is 3.26.